The molecule has 1 saturated heterocycles. The summed E-state index contributed by atoms with van der Waals surface area (Å²) in [7, 11) is 1.68. The van der Waals surface area contributed by atoms with E-state index >= 15 is 0 Å². The van der Waals surface area contributed by atoms with Crippen LogP contribution in [0.25, 0.3) is 0 Å². The summed E-state index contributed by atoms with van der Waals surface area (Å²) in [5.41, 5.74) is 6.65. The fourth-order valence-electron chi connectivity index (χ4n) is 2.59. The molecule has 5 heteroatoms. The van der Waals surface area contributed by atoms with Crippen LogP contribution in [0.1, 0.15) is 25.3 Å². The average Bonchev–Trinajstić information content (AvgIpc) is 2.42. The maximum atomic E-state index is 7.69. The van der Waals surface area contributed by atoms with E-state index in [4.69, 9.17) is 27.5 Å². The molecule has 0 unspecified atom stereocenters. The van der Waals surface area contributed by atoms with Crippen molar-refractivity contribution < 1.29 is 4.74 Å². The second-order valence-electron chi connectivity index (χ2n) is 5.71. The van der Waals surface area contributed by atoms with E-state index in [0.717, 1.165) is 48.8 Å². The number of benzene rings is 1. The lowest BCUT2D eigenvalue weighted by molar-refractivity contribution is 0.154. The zero-order valence-corrected chi connectivity index (χ0v) is 12.8. The average molecular weight is 296 g/mol. The predicted molar refractivity (Wildman–Crippen MR) is 82.5 cm³/mol. The summed E-state index contributed by atoms with van der Waals surface area (Å²) >= 11 is 6.06. The Labute approximate surface area is 125 Å². The predicted octanol–water partition coefficient (Wildman–Crippen LogP) is 2.89. The van der Waals surface area contributed by atoms with Crippen molar-refractivity contribution >= 4 is 17.4 Å². The molecule has 4 nitrogen and oxygen atoms in total. The van der Waals surface area contributed by atoms with Gasteiger partial charge in [0.15, 0.2) is 0 Å². The summed E-state index contributed by atoms with van der Waals surface area (Å²) < 4.78 is 5.38. The van der Waals surface area contributed by atoms with Crippen LogP contribution in [-0.4, -0.2) is 30.9 Å². The van der Waals surface area contributed by atoms with Crippen molar-refractivity contribution in [3.05, 3.63) is 28.8 Å². The Morgan fingerprint density at radius 3 is 2.65 bits per heavy atom. The topological polar surface area (TPSA) is 62.3 Å². The molecule has 0 bridgehead atoms. The first kappa shape index (κ1) is 15.1. The number of likely N-dealkylation sites (tertiary alicyclic amines) is 1. The van der Waals surface area contributed by atoms with Gasteiger partial charge in [-0.2, -0.15) is 0 Å². The third-order valence-corrected chi connectivity index (χ3v) is 4.48. The minimum absolute atomic E-state index is 0.144. The maximum Gasteiger partial charge on any atom is 0.123 e. The summed E-state index contributed by atoms with van der Waals surface area (Å²) in [4.78, 5) is 2.36. The highest BCUT2D eigenvalue weighted by Crippen LogP contribution is 2.32. The normalized spacial score (nSPS) is 18.8. The van der Waals surface area contributed by atoms with Gasteiger partial charge < -0.3 is 10.5 Å². The van der Waals surface area contributed by atoms with Crippen LogP contribution in [0.2, 0.25) is 5.02 Å². The van der Waals surface area contributed by atoms with E-state index in [1.54, 1.807) is 7.11 Å². The zero-order chi connectivity index (χ0) is 14.8. The lowest BCUT2D eigenvalue weighted by Gasteiger charge is -2.38. The number of methoxy groups -OCH3 is 1. The number of ether oxygens (including phenoxy) is 1. The molecular weight excluding hydrogens is 274 g/mol. The zero-order valence-electron chi connectivity index (χ0n) is 12.1. The van der Waals surface area contributed by atoms with Crippen molar-refractivity contribution in [1.29, 1.82) is 5.41 Å². The summed E-state index contributed by atoms with van der Waals surface area (Å²) in [6, 6.07) is 5.70. The highest BCUT2D eigenvalue weighted by Gasteiger charge is 2.32. The first-order valence-corrected chi connectivity index (χ1v) is 7.22. The molecule has 0 saturated carbocycles. The van der Waals surface area contributed by atoms with Crippen molar-refractivity contribution in [2.75, 3.05) is 20.2 Å². The van der Waals surface area contributed by atoms with Crippen LogP contribution in [0.5, 0.6) is 5.75 Å². The van der Waals surface area contributed by atoms with E-state index in [0.29, 0.717) is 5.84 Å². The van der Waals surface area contributed by atoms with E-state index in [1.165, 1.54) is 0 Å². The van der Waals surface area contributed by atoms with Crippen LogP contribution in [0.15, 0.2) is 18.2 Å². The van der Waals surface area contributed by atoms with Crippen molar-refractivity contribution in [3.63, 3.8) is 0 Å². The van der Waals surface area contributed by atoms with Gasteiger partial charge in [0.1, 0.15) is 5.75 Å². The van der Waals surface area contributed by atoms with E-state index in [1.807, 2.05) is 18.2 Å². The first-order valence-electron chi connectivity index (χ1n) is 6.84. The quantitative estimate of drug-likeness (QED) is 0.663. The molecule has 1 aliphatic heterocycles. The Kier molecular flexibility index (Phi) is 4.55. The summed E-state index contributed by atoms with van der Waals surface area (Å²) in [6.07, 6.45) is 1.84. The Balaban J connectivity index is 2.03. The number of nitrogens with one attached hydrogen (secondary N) is 1. The van der Waals surface area contributed by atoms with Gasteiger partial charge in [0, 0.05) is 22.5 Å². The fourth-order valence-corrected chi connectivity index (χ4v) is 2.78. The summed E-state index contributed by atoms with van der Waals surface area (Å²) in [6.45, 7) is 4.77. The van der Waals surface area contributed by atoms with Crippen molar-refractivity contribution in [1.82, 2.24) is 4.90 Å². The summed E-state index contributed by atoms with van der Waals surface area (Å²) in [5, 5.41) is 8.41. The first-order chi connectivity index (χ1) is 9.44. The van der Waals surface area contributed by atoms with Crippen molar-refractivity contribution in [2.45, 2.75) is 26.3 Å². The lowest BCUT2D eigenvalue weighted by atomic mass is 9.79. The third-order valence-electron chi connectivity index (χ3n) is 4.25. The molecule has 1 heterocycles. The van der Waals surface area contributed by atoms with Gasteiger partial charge >= 0.3 is 0 Å². The van der Waals surface area contributed by atoms with E-state index in [-0.39, 0.29) is 5.41 Å². The maximum absolute atomic E-state index is 7.69. The molecule has 3 N–H and O–H groups in total. The molecule has 1 aliphatic rings. The monoisotopic (exact) mass is 295 g/mol. The second kappa shape index (κ2) is 6.02. The van der Waals surface area contributed by atoms with Gasteiger partial charge in [-0.05, 0) is 44.1 Å². The molecule has 2 rings (SSSR count). The van der Waals surface area contributed by atoms with Crippen LogP contribution >= 0.6 is 11.6 Å². The minimum atomic E-state index is -0.144. The lowest BCUT2D eigenvalue weighted by Crippen LogP contribution is -2.44. The molecule has 20 heavy (non-hydrogen) atoms. The van der Waals surface area contributed by atoms with E-state index in [2.05, 4.69) is 11.8 Å². The molecule has 110 valence electrons. The highest BCUT2D eigenvalue weighted by atomic mass is 35.5. The standard InChI is InChI=1S/C15H22ClN3O/c1-15(14(17)18)5-7-19(8-6-15)10-11-9-12(16)3-4-13(11)20-2/h3-4,9H,5-8,10H2,1-2H3,(H3,17,18). The Bertz CT molecular complexity index is 496. The van der Waals surface area contributed by atoms with Gasteiger partial charge in [-0.3, -0.25) is 10.3 Å². The van der Waals surface area contributed by atoms with Crippen LogP contribution in [-0.2, 0) is 6.54 Å². The number of halogens is 1. The smallest absolute Gasteiger partial charge is 0.123 e. The minimum Gasteiger partial charge on any atom is -0.496 e. The number of nitrogens with two attached hydrogens (primary N) is 1. The van der Waals surface area contributed by atoms with Gasteiger partial charge in [-0.15, -0.1) is 0 Å². The number of hydrogen-bond acceptors (Lipinski definition) is 3. The summed E-state index contributed by atoms with van der Waals surface area (Å²) in [5.74, 6) is 1.17. The number of hydrogen-bond donors (Lipinski definition) is 2. The molecule has 0 aliphatic carbocycles. The van der Waals surface area contributed by atoms with Crippen LogP contribution in [0.3, 0.4) is 0 Å². The van der Waals surface area contributed by atoms with E-state index in [9.17, 15) is 0 Å². The van der Waals surface area contributed by atoms with Gasteiger partial charge in [0.2, 0.25) is 0 Å². The molecule has 0 amide bonds. The molecular formula is C15H22ClN3O. The Morgan fingerprint density at radius 1 is 1.45 bits per heavy atom. The van der Waals surface area contributed by atoms with Gasteiger partial charge in [0.05, 0.1) is 12.9 Å². The van der Waals surface area contributed by atoms with Crippen LogP contribution < -0.4 is 10.5 Å². The number of rotatable bonds is 4. The number of piperidine rings is 1. The molecule has 1 fully saturated rings. The highest BCUT2D eigenvalue weighted by molar-refractivity contribution is 6.30. The fraction of sp³-hybridized carbons (Fsp3) is 0.533. The molecule has 1 aromatic carbocycles. The SMILES string of the molecule is COc1ccc(Cl)cc1CN1CCC(C)(C(=N)N)CC1. The van der Waals surface area contributed by atoms with E-state index < -0.39 is 0 Å². The van der Waals surface area contributed by atoms with Gasteiger partial charge in [-0.1, -0.05) is 18.5 Å². The molecule has 0 radical (unpaired) electrons. The molecule has 1 aromatic rings. The van der Waals surface area contributed by atoms with Gasteiger partial charge in [-0.25, -0.2) is 0 Å². The number of nitrogens with zero attached hydrogens (tertiary/aromatic N) is 1. The van der Waals surface area contributed by atoms with Gasteiger partial charge in [0.25, 0.3) is 0 Å². The molecule has 0 spiro atoms. The van der Waals surface area contributed by atoms with Crippen LogP contribution in [0, 0.1) is 10.8 Å². The second-order valence-corrected chi connectivity index (χ2v) is 6.14. The Morgan fingerprint density at radius 2 is 2.10 bits per heavy atom. The largest absolute Gasteiger partial charge is 0.496 e. The van der Waals surface area contributed by atoms with Crippen molar-refractivity contribution in [3.8, 4) is 5.75 Å². The van der Waals surface area contributed by atoms with Crippen molar-refractivity contribution in [2.24, 2.45) is 11.1 Å². The van der Waals surface area contributed by atoms with Crippen LogP contribution in [0.4, 0.5) is 0 Å². The molecule has 0 aromatic heterocycles. The Hall–Kier alpha value is -1.26. The molecule has 0 atom stereocenters. The number of amidine groups is 1. The third kappa shape index (κ3) is 3.25.